The molecule has 1 aromatic heterocycles. The summed E-state index contributed by atoms with van der Waals surface area (Å²) in [6, 6.07) is 5.42. The largest absolute Gasteiger partial charge is 0.454 e. The van der Waals surface area contributed by atoms with E-state index in [-0.39, 0.29) is 29.9 Å². The van der Waals surface area contributed by atoms with Crippen LogP contribution >= 0.6 is 0 Å². The molecule has 0 unspecified atom stereocenters. The molecular weight excluding hydrogens is 390 g/mol. The minimum Gasteiger partial charge on any atom is -0.454 e. The van der Waals surface area contributed by atoms with Crippen molar-refractivity contribution in [1.29, 1.82) is 0 Å². The first-order chi connectivity index (χ1) is 13.5. The summed E-state index contributed by atoms with van der Waals surface area (Å²) in [5.74, 6) is -0.534. The summed E-state index contributed by atoms with van der Waals surface area (Å²) in [7, 11) is -3.03. The Kier molecular flexibility index (Phi) is 5.72. The van der Waals surface area contributed by atoms with E-state index in [0.717, 1.165) is 22.4 Å². The molecular formula is C22H27NO5S. The molecule has 0 bridgehead atoms. The second-order valence-corrected chi connectivity index (χ2v) is 10.2. The van der Waals surface area contributed by atoms with Crippen molar-refractivity contribution in [2.75, 3.05) is 18.1 Å². The summed E-state index contributed by atoms with van der Waals surface area (Å²) in [4.78, 5) is 25.2. The molecule has 2 aromatic rings. The van der Waals surface area contributed by atoms with Crippen LogP contribution in [-0.4, -0.2) is 42.9 Å². The lowest BCUT2D eigenvalue weighted by molar-refractivity contribution is 0.0473. The van der Waals surface area contributed by atoms with Crippen LogP contribution in [-0.2, 0) is 14.6 Å². The van der Waals surface area contributed by atoms with Gasteiger partial charge in [-0.25, -0.2) is 13.2 Å². The molecule has 0 saturated carbocycles. The Morgan fingerprint density at radius 3 is 2.24 bits per heavy atom. The van der Waals surface area contributed by atoms with Gasteiger partial charge in [-0.2, -0.15) is 0 Å². The Labute approximate surface area is 171 Å². The molecule has 2 heterocycles. The summed E-state index contributed by atoms with van der Waals surface area (Å²) in [5, 5.41) is 0. The van der Waals surface area contributed by atoms with Crippen molar-refractivity contribution in [2.45, 2.75) is 47.1 Å². The molecule has 0 amide bonds. The van der Waals surface area contributed by atoms with E-state index in [4.69, 9.17) is 4.74 Å². The van der Waals surface area contributed by atoms with E-state index < -0.39 is 15.8 Å². The van der Waals surface area contributed by atoms with Gasteiger partial charge in [0.15, 0.2) is 16.4 Å². The number of aryl methyl sites for hydroxylation is 4. The summed E-state index contributed by atoms with van der Waals surface area (Å²) in [6.45, 7) is 8.98. The van der Waals surface area contributed by atoms with Crippen molar-refractivity contribution >= 4 is 21.6 Å². The smallest absolute Gasteiger partial charge is 0.339 e. The summed E-state index contributed by atoms with van der Waals surface area (Å²) in [5.41, 5.74) is 5.22. The molecule has 0 radical (unpaired) electrons. The number of aromatic nitrogens is 1. The lowest BCUT2D eigenvalue weighted by Crippen LogP contribution is -2.18. The highest BCUT2D eigenvalue weighted by Gasteiger charge is 2.31. The highest BCUT2D eigenvalue weighted by atomic mass is 32.2. The maximum absolute atomic E-state index is 12.7. The number of rotatable bonds is 5. The van der Waals surface area contributed by atoms with E-state index >= 15 is 0 Å². The Hall–Kier alpha value is -2.41. The molecule has 0 spiro atoms. The number of ether oxygens (including phenoxy) is 1. The molecule has 3 rings (SSSR count). The molecule has 6 nitrogen and oxygen atoms in total. The van der Waals surface area contributed by atoms with Crippen LogP contribution in [0.25, 0.3) is 0 Å². The normalized spacial score (nSPS) is 18.0. The number of hydrogen-bond acceptors (Lipinski definition) is 5. The Balaban J connectivity index is 1.75. The molecule has 1 aliphatic rings. The molecule has 1 aromatic carbocycles. The SMILES string of the molecule is Cc1cc(C)c(C(=O)OCC(=O)c2cc(C)n([C@H]3CCS(=O)(=O)C3)c2C)c(C)c1. The third-order valence-electron chi connectivity index (χ3n) is 5.57. The fourth-order valence-corrected chi connectivity index (χ4v) is 6.08. The molecule has 1 fully saturated rings. The van der Waals surface area contributed by atoms with Crippen LogP contribution in [0.1, 0.15) is 61.3 Å². The first-order valence-corrected chi connectivity index (χ1v) is 11.5. The number of carbonyl (C=O) groups is 2. The monoisotopic (exact) mass is 417 g/mol. The maximum atomic E-state index is 12.7. The van der Waals surface area contributed by atoms with Gasteiger partial charge >= 0.3 is 5.97 Å². The zero-order valence-corrected chi connectivity index (χ0v) is 18.4. The fourth-order valence-electron chi connectivity index (χ4n) is 4.38. The average molecular weight is 418 g/mol. The third kappa shape index (κ3) is 4.29. The molecule has 1 aliphatic heterocycles. The zero-order valence-electron chi connectivity index (χ0n) is 17.5. The predicted octanol–water partition coefficient (Wildman–Crippen LogP) is 3.43. The van der Waals surface area contributed by atoms with Gasteiger partial charge in [-0.3, -0.25) is 4.79 Å². The van der Waals surface area contributed by atoms with Gasteiger partial charge in [-0.1, -0.05) is 17.7 Å². The van der Waals surface area contributed by atoms with E-state index in [1.54, 1.807) is 13.0 Å². The molecule has 1 atom stereocenters. The van der Waals surface area contributed by atoms with Crippen molar-refractivity contribution in [3.05, 3.63) is 57.4 Å². The van der Waals surface area contributed by atoms with E-state index in [0.29, 0.717) is 23.2 Å². The number of Topliss-reactive ketones (excluding diaryl/α,β-unsaturated/α-hetero) is 1. The minimum atomic E-state index is -3.03. The molecule has 29 heavy (non-hydrogen) atoms. The molecule has 0 N–H and O–H groups in total. The first-order valence-electron chi connectivity index (χ1n) is 9.67. The van der Waals surface area contributed by atoms with Gasteiger partial charge in [-0.15, -0.1) is 0 Å². The van der Waals surface area contributed by atoms with Crippen molar-refractivity contribution in [2.24, 2.45) is 0 Å². The average Bonchev–Trinajstić information content (AvgIpc) is 3.10. The first kappa shape index (κ1) is 21.3. The number of nitrogens with zero attached hydrogens (tertiary/aromatic N) is 1. The van der Waals surface area contributed by atoms with Gasteiger partial charge < -0.3 is 9.30 Å². The summed E-state index contributed by atoms with van der Waals surface area (Å²) < 4.78 is 30.9. The van der Waals surface area contributed by atoms with Gasteiger partial charge in [-0.05, 0) is 58.2 Å². The number of benzene rings is 1. The van der Waals surface area contributed by atoms with Crippen LogP contribution in [0.5, 0.6) is 0 Å². The van der Waals surface area contributed by atoms with Crippen LogP contribution in [0.3, 0.4) is 0 Å². The molecule has 156 valence electrons. The van der Waals surface area contributed by atoms with E-state index in [1.807, 2.05) is 44.4 Å². The number of esters is 1. The van der Waals surface area contributed by atoms with Crippen LogP contribution < -0.4 is 0 Å². The van der Waals surface area contributed by atoms with Gasteiger partial charge in [0.1, 0.15) is 0 Å². The van der Waals surface area contributed by atoms with Crippen LogP contribution in [0.4, 0.5) is 0 Å². The van der Waals surface area contributed by atoms with Gasteiger partial charge in [0.2, 0.25) is 5.78 Å². The Bertz CT molecular complexity index is 1070. The van der Waals surface area contributed by atoms with Crippen LogP contribution in [0.15, 0.2) is 18.2 Å². The predicted molar refractivity (Wildman–Crippen MR) is 111 cm³/mol. The summed E-state index contributed by atoms with van der Waals surface area (Å²) >= 11 is 0. The topological polar surface area (TPSA) is 82.4 Å². The lowest BCUT2D eigenvalue weighted by atomic mass is 10.00. The highest BCUT2D eigenvalue weighted by Crippen LogP contribution is 2.29. The number of sulfone groups is 1. The van der Waals surface area contributed by atoms with Crippen LogP contribution in [0.2, 0.25) is 0 Å². The lowest BCUT2D eigenvalue weighted by Gasteiger charge is -2.16. The van der Waals surface area contributed by atoms with Gasteiger partial charge in [0.25, 0.3) is 0 Å². The Morgan fingerprint density at radius 1 is 1.07 bits per heavy atom. The number of hydrogen-bond donors (Lipinski definition) is 0. The second-order valence-electron chi connectivity index (χ2n) is 7.98. The fraction of sp³-hybridized carbons (Fsp3) is 0.455. The quantitative estimate of drug-likeness (QED) is 0.550. The van der Waals surface area contributed by atoms with Gasteiger partial charge in [0.05, 0.1) is 17.1 Å². The molecule has 1 saturated heterocycles. The zero-order chi connectivity index (χ0) is 21.5. The maximum Gasteiger partial charge on any atom is 0.339 e. The number of carbonyl (C=O) groups excluding carboxylic acids is 2. The van der Waals surface area contributed by atoms with Crippen LogP contribution in [0, 0.1) is 34.6 Å². The van der Waals surface area contributed by atoms with Gasteiger partial charge in [0, 0.05) is 23.0 Å². The van der Waals surface area contributed by atoms with Crippen molar-refractivity contribution in [3.63, 3.8) is 0 Å². The second kappa shape index (κ2) is 7.78. The molecule has 0 aliphatic carbocycles. The third-order valence-corrected chi connectivity index (χ3v) is 7.32. The van der Waals surface area contributed by atoms with E-state index in [2.05, 4.69) is 0 Å². The summed E-state index contributed by atoms with van der Waals surface area (Å²) in [6.07, 6.45) is 0.549. The molecule has 7 heteroatoms. The van der Waals surface area contributed by atoms with E-state index in [1.165, 1.54) is 0 Å². The standard InChI is InChI=1S/C22H27NO5S/c1-13-8-14(2)21(15(3)9-13)22(25)28-11-20(24)19-10-16(4)23(17(19)5)18-6-7-29(26,27)12-18/h8-10,18H,6-7,11-12H2,1-5H3/t18-/m0/s1. The highest BCUT2D eigenvalue weighted by molar-refractivity contribution is 7.91. The van der Waals surface area contributed by atoms with E-state index in [9.17, 15) is 18.0 Å². The van der Waals surface area contributed by atoms with Crippen molar-refractivity contribution < 1.29 is 22.7 Å². The number of ketones is 1. The minimum absolute atomic E-state index is 0.0952. The van der Waals surface area contributed by atoms with Crippen molar-refractivity contribution in [3.8, 4) is 0 Å². The van der Waals surface area contributed by atoms with Crippen molar-refractivity contribution in [1.82, 2.24) is 4.57 Å². The Morgan fingerprint density at radius 2 is 1.69 bits per heavy atom.